The Balaban J connectivity index is 2.34. The van der Waals surface area contributed by atoms with Gasteiger partial charge in [0.15, 0.2) is 11.5 Å². The number of carbonyl (C=O) groups excluding carboxylic acids is 1. The van der Waals surface area contributed by atoms with E-state index < -0.39 is 0 Å². The van der Waals surface area contributed by atoms with Crippen LogP contribution in [0.2, 0.25) is 0 Å². The molecule has 0 spiro atoms. The van der Waals surface area contributed by atoms with Gasteiger partial charge >= 0.3 is 0 Å². The van der Waals surface area contributed by atoms with Gasteiger partial charge in [0.05, 0.1) is 20.2 Å². The Morgan fingerprint density at radius 2 is 2.06 bits per heavy atom. The van der Waals surface area contributed by atoms with E-state index in [1.165, 1.54) is 0 Å². The molecule has 3 N–H and O–H groups in total. The van der Waals surface area contributed by atoms with E-state index in [2.05, 4.69) is 5.32 Å². The van der Waals surface area contributed by atoms with E-state index in [4.69, 9.17) is 15.2 Å². The highest BCUT2D eigenvalue weighted by Gasteiger charge is 2.02. The molecule has 1 aromatic carbocycles. The maximum absolute atomic E-state index is 10.8. The van der Waals surface area contributed by atoms with Crippen molar-refractivity contribution < 1.29 is 14.3 Å². The van der Waals surface area contributed by atoms with Gasteiger partial charge in [-0.2, -0.15) is 0 Å². The number of methoxy groups -OCH3 is 1. The molecule has 0 aliphatic heterocycles. The minimum atomic E-state index is -0.191. The third kappa shape index (κ3) is 3.78. The third-order valence-corrected chi connectivity index (χ3v) is 1.94. The molecule has 0 fully saturated rings. The van der Waals surface area contributed by atoms with E-state index in [9.17, 15) is 4.79 Å². The first-order valence-corrected chi connectivity index (χ1v) is 5.00. The standard InChI is InChI=1S/C11H16N2O3/c1-15-9-4-2-3-5-10(9)16-7-6-13-11(14)8-12/h2-5H,6-8,12H2,1H3,(H,13,14). The van der Waals surface area contributed by atoms with Crippen molar-refractivity contribution in [3.8, 4) is 11.5 Å². The molecule has 0 aliphatic rings. The van der Waals surface area contributed by atoms with Gasteiger partial charge in [-0.25, -0.2) is 0 Å². The van der Waals surface area contributed by atoms with Gasteiger partial charge in [0.1, 0.15) is 6.61 Å². The van der Waals surface area contributed by atoms with Crippen molar-refractivity contribution in [2.24, 2.45) is 5.73 Å². The Kier molecular flexibility index (Phi) is 5.15. The molecule has 88 valence electrons. The number of benzene rings is 1. The first-order valence-electron chi connectivity index (χ1n) is 5.00. The highest BCUT2D eigenvalue weighted by atomic mass is 16.5. The summed E-state index contributed by atoms with van der Waals surface area (Å²) < 4.78 is 10.6. The summed E-state index contributed by atoms with van der Waals surface area (Å²) in [6.45, 7) is 0.800. The summed E-state index contributed by atoms with van der Waals surface area (Å²) in [4.78, 5) is 10.8. The second-order valence-corrected chi connectivity index (χ2v) is 3.05. The molecule has 1 amide bonds. The van der Waals surface area contributed by atoms with Crippen LogP contribution in [0.15, 0.2) is 24.3 Å². The molecule has 5 heteroatoms. The number of para-hydroxylation sites is 2. The van der Waals surface area contributed by atoms with Crippen LogP contribution < -0.4 is 20.5 Å². The van der Waals surface area contributed by atoms with Gasteiger partial charge in [0.25, 0.3) is 0 Å². The smallest absolute Gasteiger partial charge is 0.233 e. The molecule has 0 aliphatic carbocycles. The van der Waals surface area contributed by atoms with Crippen molar-refractivity contribution in [2.45, 2.75) is 0 Å². The van der Waals surface area contributed by atoms with Crippen molar-refractivity contribution in [1.29, 1.82) is 0 Å². The number of ether oxygens (including phenoxy) is 2. The molecule has 0 unspecified atom stereocenters. The van der Waals surface area contributed by atoms with E-state index in [1.54, 1.807) is 7.11 Å². The zero-order chi connectivity index (χ0) is 11.8. The summed E-state index contributed by atoms with van der Waals surface area (Å²) in [5.74, 6) is 1.14. The number of carbonyl (C=O) groups is 1. The second-order valence-electron chi connectivity index (χ2n) is 3.05. The van der Waals surface area contributed by atoms with Crippen molar-refractivity contribution >= 4 is 5.91 Å². The first kappa shape index (κ1) is 12.3. The van der Waals surface area contributed by atoms with Crippen molar-refractivity contribution in [3.05, 3.63) is 24.3 Å². The maximum Gasteiger partial charge on any atom is 0.233 e. The molecule has 0 bridgehead atoms. The summed E-state index contributed by atoms with van der Waals surface area (Å²) in [5.41, 5.74) is 5.14. The Bertz CT molecular complexity index is 342. The maximum atomic E-state index is 10.8. The predicted molar refractivity (Wildman–Crippen MR) is 60.6 cm³/mol. The van der Waals surface area contributed by atoms with Crippen LogP contribution >= 0.6 is 0 Å². The van der Waals surface area contributed by atoms with Crippen LogP contribution in [0.25, 0.3) is 0 Å². The molecular weight excluding hydrogens is 208 g/mol. The highest BCUT2D eigenvalue weighted by Crippen LogP contribution is 2.25. The van der Waals surface area contributed by atoms with E-state index >= 15 is 0 Å². The average Bonchev–Trinajstić information content (AvgIpc) is 2.34. The van der Waals surface area contributed by atoms with Gasteiger partial charge in [0, 0.05) is 0 Å². The zero-order valence-corrected chi connectivity index (χ0v) is 9.23. The number of amides is 1. The summed E-state index contributed by atoms with van der Waals surface area (Å²) in [7, 11) is 1.58. The zero-order valence-electron chi connectivity index (χ0n) is 9.23. The van der Waals surface area contributed by atoms with Crippen molar-refractivity contribution in [2.75, 3.05) is 26.8 Å². The Morgan fingerprint density at radius 3 is 2.69 bits per heavy atom. The predicted octanol–water partition coefficient (Wildman–Crippen LogP) is 0.149. The number of nitrogens with one attached hydrogen (secondary N) is 1. The summed E-state index contributed by atoms with van der Waals surface area (Å²) in [6.07, 6.45) is 0. The highest BCUT2D eigenvalue weighted by molar-refractivity contribution is 5.77. The topological polar surface area (TPSA) is 73.6 Å². The monoisotopic (exact) mass is 224 g/mol. The quantitative estimate of drug-likeness (QED) is 0.674. The molecule has 16 heavy (non-hydrogen) atoms. The first-order chi connectivity index (χ1) is 7.77. The van der Waals surface area contributed by atoms with E-state index in [0.29, 0.717) is 24.7 Å². The van der Waals surface area contributed by atoms with E-state index in [0.717, 1.165) is 0 Å². The van der Waals surface area contributed by atoms with Gasteiger partial charge in [-0.1, -0.05) is 12.1 Å². The molecule has 0 saturated carbocycles. The lowest BCUT2D eigenvalue weighted by Gasteiger charge is -2.10. The van der Waals surface area contributed by atoms with Crippen LogP contribution in [0.4, 0.5) is 0 Å². The van der Waals surface area contributed by atoms with Crippen molar-refractivity contribution in [3.63, 3.8) is 0 Å². The van der Waals surface area contributed by atoms with Gasteiger partial charge < -0.3 is 20.5 Å². The summed E-state index contributed by atoms with van der Waals surface area (Å²) in [6, 6.07) is 7.34. The largest absolute Gasteiger partial charge is 0.493 e. The second kappa shape index (κ2) is 6.68. The lowest BCUT2D eigenvalue weighted by atomic mass is 10.3. The molecule has 0 heterocycles. The van der Waals surface area contributed by atoms with Crippen LogP contribution in [-0.4, -0.2) is 32.7 Å². The number of hydrogen-bond donors (Lipinski definition) is 2. The lowest BCUT2D eigenvalue weighted by Crippen LogP contribution is -2.33. The molecule has 0 aromatic heterocycles. The fraction of sp³-hybridized carbons (Fsp3) is 0.364. The molecule has 1 aromatic rings. The van der Waals surface area contributed by atoms with Gasteiger partial charge in [0.2, 0.25) is 5.91 Å². The fourth-order valence-corrected chi connectivity index (χ4v) is 1.16. The number of rotatable bonds is 6. The Labute approximate surface area is 94.5 Å². The molecule has 0 saturated heterocycles. The van der Waals surface area contributed by atoms with E-state index in [1.807, 2.05) is 24.3 Å². The minimum Gasteiger partial charge on any atom is -0.493 e. The van der Waals surface area contributed by atoms with Crippen LogP contribution in [0.1, 0.15) is 0 Å². The number of hydrogen-bond acceptors (Lipinski definition) is 4. The lowest BCUT2D eigenvalue weighted by molar-refractivity contribution is -0.119. The SMILES string of the molecule is COc1ccccc1OCCNC(=O)CN. The van der Waals surface area contributed by atoms with Gasteiger partial charge in [-0.05, 0) is 12.1 Å². The van der Waals surface area contributed by atoms with Crippen LogP contribution in [-0.2, 0) is 4.79 Å². The minimum absolute atomic E-state index is 0.00530. The molecule has 0 atom stereocenters. The van der Waals surface area contributed by atoms with Gasteiger partial charge in [-0.15, -0.1) is 0 Å². The Hall–Kier alpha value is -1.75. The van der Waals surface area contributed by atoms with Crippen LogP contribution in [0, 0.1) is 0 Å². The Morgan fingerprint density at radius 1 is 1.38 bits per heavy atom. The number of nitrogens with two attached hydrogens (primary N) is 1. The summed E-state index contributed by atoms with van der Waals surface area (Å²) in [5, 5.41) is 2.61. The molecule has 1 rings (SSSR count). The normalized spacial score (nSPS) is 9.62. The summed E-state index contributed by atoms with van der Waals surface area (Å²) >= 11 is 0. The average molecular weight is 224 g/mol. The fourth-order valence-electron chi connectivity index (χ4n) is 1.16. The third-order valence-electron chi connectivity index (χ3n) is 1.94. The molecular formula is C11H16N2O3. The van der Waals surface area contributed by atoms with Crippen LogP contribution in [0.3, 0.4) is 0 Å². The van der Waals surface area contributed by atoms with Crippen LogP contribution in [0.5, 0.6) is 11.5 Å². The molecule has 0 radical (unpaired) electrons. The van der Waals surface area contributed by atoms with Crippen molar-refractivity contribution in [1.82, 2.24) is 5.32 Å². The van der Waals surface area contributed by atoms with Gasteiger partial charge in [-0.3, -0.25) is 4.79 Å². The van der Waals surface area contributed by atoms with E-state index in [-0.39, 0.29) is 12.5 Å². The molecule has 5 nitrogen and oxygen atoms in total.